The molecule has 5 heteroatoms. The van der Waals surface area contributed by atoms with E-state index in [4.69, 9.17) is 4.74 Å². The minimum absolute atomic E-state index is 0.0647. The summed E-state index contributed by atoms with van der Waals surface area (Å²) in [5.41, 5.74) is 1.02. The Morgan fingerprint density at radius 2 is 1.68 bits per heavy atom. The second kappa shape index (κ2) is 11.2. The number of anilines is 1. The van der Waals surface area contributed by atoms with Crippen molar-refractivity contribution < 1.29 is 19.4 Å². The number of phenolic OH excluding ortho intramolecular Hbond substituents is 1. The number of aromatic hydroxyl groups is 1. The van der Waals surface area contributed by atoms with Crippen LogP contribution in [0.2, 0.25) is 0 Å². The van der Waals surface area contributed by atoms with E-state index in [9.17, 15) is 14.7 Å². The Morgan fingerprint density at radius 3 is 2.52 bits per heavy atom. The van der Waals surface area contributed by atoms with Crippen molar-refractivity contribution in [2.24, 2.45) is 0 Å². The van der Waals surface area contributed by atoms with Gasteiger partial charge >= 0.3 is 5.97 Å². The zero-order chi connectivity index (χ0) is 22.1. The van der Waals surface area contributed by atoms with Crippen LogP contribution in [0.5, 0.6) is 5.75 Å². The van der Waals surface area contributed by atoms with Gasteiger partial charge in [-0.05, 0) is 36.1 Å². The average molecular weight is 420 g/mol. The summed E-state index contributed by atoms with van der Waals surface area (Å²) in [7, 11) is 0. The van der Waals surface area contributed by atoms with Crippen molar-refractivity contribution >= 4 is 28.3 Å². The van der Waals surface area contributed by atoms with Gasteiger partial charge in [0.2, 0.25) is 0 Å². The molecule has 0 aliphatic heterocycles. The fraction of sp³-hybridized carbons (Fsp3) is 0.308. The summed E-state index contributed by atoms with van der Waals surface area (Å²) in [6.07, 6.45) is 6.75. The largest absolute Gasteiger partial charge is 0.506 e. The van der Waals surface area contributed by atoms with E-state index in [1.54, 1.807) is 42.5 Å². The van der Waals surface area contributed by atoms with Crippen molar-refractivity contribution in [1.29, 1.82) is 0 Å². The number of hydrogen-bond acceptors (Lipinski definition) is 4. The molecule has 162 valence electrons. The van der Waals surface area contributed by atoms with Gasteiger partial charge in [0.1, 0.15) is 5.75 Å². The third kappa shape index (κ3) is 6.07. The lowest BCUT2D eigenvalue weighted by Crippen LogP contribution is -2.13. The highest BCUT2D eigenvalue weighted by Gasteiger charge is 2.15. The number of nitrogens with one attached hydrogen (secondary N) is 1. The molecule has 0 atom stereocenters. The summed E-state index contributed by atoms with van der Waals surface area (Å²) >= 11 is 0. The van der Waals surface area contributed by atoms with Crippen LogP contribution in [0.25, 0.3) is 10.8 Å². The molecule has 3 rings (SSSR count). The molecule has 2 N–H and O–H groups in total. The SMILES string of the molecule is CCCCCCCCOC(=O)c1cccc(NC(=O)c2ccc3ccccc3c2O)c1. The van der Waals surface area contributed by atoms with E-state index < -0.39 is 11.9 Å². The van der Waals surface area contributed by atoms with Gasteiger partial charge in [0, 0.05) is 11.1 Å². The molecule has 3 aromatic carbocycles. The molecule has 0 heterocycles. The molecule has 0 radical (unpaired) electrons. The highest BCUT2D eigenvalue weighted by Crippen LogP contribution is 2.29. The molecule has 0 aromatic heterocycles. The summed E-state index contributed by atoms with van der Waals surface area (Å²) in [6.45, 7) is 2.58. The smallest absolute Gasteiger partial charge is 0.338 e. The van der Waals surface area contributed by atoms with E-state index >= 15 is 0 Å². The summed E-state index contributed by atoms with van der Waals surface area (Å²) in [5, 5.41) is 14.7. The highest BCUT2D eigenvalue weighted by molar-refractivity contribution is 6.10. The van der Waals surface area contributed by atoms with E-state index in [1.807, 2.05) is 18.2 Å². The molecule has 5 nitrogen and oxygen atoms in total. The number of fused-ring (bicyclic) bond motifs is 1. The number of carbonyl (C=O) groups excluding carboxylic acids is 2. The molecule has 0 unspecified atom stereocenters. The van der Waals surface area contributed by atoms with Gasteiger partial charge in [0.15, 0.2) is 0 Å². The molecule has 0 saturated carbocycles. The molecule has 0 aliphatic carbocycles. The monoisotopic (exact) mass is 419 g/mol. The molecule has 0 saturated heterocycles. The summed E-state index contributed by atoms with van der Waals surface area (Å²) in [5.74, 6) is -0.913. The van der Waals surface area contributed by atoms with Gasteiger partial charge in [-0.15, -0.1) is 0 Å². The second-order valence-corrected chi connectivity index (χ2v) is 7.62. The van der Waals surface area contributed by atoms with E-state index in [0.717, 1.165) is 24.6 Å². The molecular weight excluding hydrogens is 390 g/mol. The van der Waals surface area contributed by atoms with Gasteiger partial charge in [-0.2, -0.15) is 0 Å². The Balaban J connectivity index is 1.58. The summed E-state index contributed by atoms with van der Waals surface area (Å²) < 4.78 is 5.35. The Kier molecular flexibility index (Phi) is 8.05. The van der Waals surface area contributed by atoms with Crippen molar-refractivity contribution in [1.82, 2.24) is 0 Å². The predicted octanol–water partition coefficient (Wildman–Crippen LogP) is 6.32. The summed E-state index contributed by atoms with van der Waals surface area (Å²) in [4.78, 5) is 25.0. The molecule has 0 aliphatic rings. The third-order valence-corrected chi connectivity index (χ3v) is 5.23. The Labute approximate surface area is 183 Å². The maximum Gasteiger partial charge on any atom is 0.338 e. The number of carbonyl (C=O) groups is 2. The minimum Gasteiger partial charge on any atom is -0.506 e. The van der Waals surface area contributed by atoms with E-state index in [2.05, 4.69) is 12.2 Å². The summed E-state index contributed by atoms with van der Waals surface area (Å²) in [6, 6.07) is 17.3. The number of phenols is 1. The van der Waals surface area contributed by atoms with Gasteiger partial charge in [0.05, 0.1) is 17.7 Å². The number of hydrogen-bond donors (Lipinski definition) is 2. The number of amides is 1. The van der Waals surface area contributed by atoms with Crippen molar-refractivity contribution in [2.75, 3.05) is 11.9 Å². The fourth-order valence-electron chi connectivity index (χ4n) is 3.49. The van der Waals surface area contributed by atoms with E-state index in [-0.39, 0.29) is 11.3 Å². The Morgan fingerprint density at radius 1 is 0.903 bits per heavy atom. The van der Waals surface area contributed by atoms with Crippen LogP contribution in [0, 0.1) is 0 Å². The molecule has 0 spiro atoms. The molecule has 0 fully saturated rings. The van der Waals surface area contributed by atoms with Crippen LogP contribution >= 0.6 is 0 Å². The van der Waals surface area contributed by atoms with Crippen molar-refractivity contribution in [3.05, 3.63) is 71.8 Å². The quantitative estimate of drug-likeness (QED) is 0.298. The predicted molar refractivity (Wildman–Crippen MR) is 124 cm³/mol. The van der Waals surface area contributed by atoms with Crippen LogP contribution in [0.4, 0.5) is 5.69 Å². The molecule has 3 aromatic rings. The lowest BCUT2D eigenvalue weighted by atomic mass is 10.0. The van der Waals surface area contributed by atoms with Crippen molar-refractivity contribution in [3.63, 3.8) is 0 Å². The first-order valence-electron chi connectivity index (χ1n) is 10.9. The van der Waals surface area contributed by atoms with E-state index in [0.29, 0.717) is 23.2 Å². The van der Waals surface area contributed by atoms with Gasteiger partial charge in [-0.3, -0.25) is 4.79 Å². The lowest BCUT2D eigenvalue weighted by Gasteiger charge is -2.10. The standard InChI is InChI=1S/C26H29NO4/c1-2-3-4-5-6-9-17-31-26(30)20-12-10-13-21(18-20)27-25(29)23-16-15-19-11-7-8-14-22(19)24(23)28/h7-8,10-16,18,28H,2-6,9,17H2,1H3,(H,27,29). The highest BCUT2D eigenvalue weighted by atomic mass is 16.5. The first-order valence-corrected chi connectivity index (χ1v) is 10.9. The van der Waals surface area contributed by atoms with Crippen molar-refractivity contribution in [3.8, 4) is 5.75 Å². The first kappa shape index (κ1) is 22.3. The maximum absolute atomic E-state index is 12.7. The van der Waals surface area contributed by atoms with Crippen LogP contribution < -0.4 is 5.32 Å². The molecule has 31 heavy (non-hydrogen) atoms. The average Bonchev–Trinajstić information content (AvgIpc) is 2.79. The number of unbranched alkanes of at least 4 members (excludes halogenated alkanes) is 5. The first-order chi connectivity index (χ1) is 15.1. The van der Waals surface area contributed by atoms with Gasteiger partial charge in [0.25, 0.3) is 5.91 Å². The maximum atomic E-state index is 12.7. The number of esters is 1. The van der Waals surface area contributed by atoms with Gasteiger partial charge < -0.3 is 15.2 Å². The zero-order valence-electron chi connectivity index (χ0n) is 17.9. The molecular formula is C26H29NO4. The van der Waals surface area contributed by atoms with Crippen LogP contribution in [-0.4, -0.2) is 23.6 Å². The fourth-order valence-corrected chi connectivity index (χ4v) is 3.49. The lowest BCUT2D eigenvalue weighted by molar-refractivity contribution is 0.0497. The Bertz CT molecular complexity index is 1040. The number of rotatable bonds is 10. The molecule has 0 bridgehead atoms. The van der Waals surface area contributed by atoms with Crippen LogP contribution in [0.15, 0.2) is 60.7 Å². The van der Waals surface area contributed by atoms with Gasteiger partial charge in [-0.1, -0.05) is 75.4 Å². The van der Waals surface area contributed by atoms with Crippen LogP contribution in [0.1, 0.15) is 66.2 Å². The van der Waals surface area contributed by atoms with Crippen LogP contribution in [0.3, 0.4) is 0 Å². The second-order valence-electron chi connectivity index (χ2n) is 7.62. The Hall–Kier alpha value is -3.34. The molecule has 1 amide bonds. The normalized spacial score (nSPS) is 10.7. The number of ether oxygens (including phenoxy) is 1. The van der Waals surface area contributed by atoms with Crippen molar-refractivity contribution in [2.45, 2.75) is 45.4 Å². The van der Waals surface area contributed by atoms with Gasteiger partial charge in [-0.25, -0.2) is 4.79 Å². The third-order valence-electron chi connectivity index (χ3n) is 5.23. The van der Waals surface area contributed by atoms with E-state index in [1.165, 1.54) is 19.3 Å². The minimum atomic E-state index is -0.444. The zero-order valence-corrected chi connectivity index (χ0v) is 17.9. The van der Waals surface area contributed by atoms with Crippen LogP contribution in [-0.2, 0) is 4.74 Å². The number of benzene rings is 3. The topological polar surface area (TPSA) is 75.6 Å².